The number of rotatable bonds is 3. The summed E-state index contributed by atoms with van der Waals surface area (Å²) in [6.07, 6.45) is 0.487. The summed E-state index contributed by atoms with van der Waals surface area (Å²) in [6.45, 7) is 2.02. The summed E-state index contributed by atoms with van der Waals surface area (Å²) in [5.41, 5.74) is 3.40. The van der Waals surface area contributed by atoms with Crippen LogP contribution in [0.5, 0.6) is 0 Å². The van der Waals surface area contributed by atoms with Crippen LogP contribution in [0.25, 0.3) is 0 Å². The molecule has 1 aliphatic heterocycles. The van der Waals surface area contributed by atoms with Crippen molar-refractivity contribution in [3.05, 3.63) is 93.4 Å². The fourth-order valence-corrected chi connectivity index (χ4v) is 3.77. The highest BCUT2D eigenvalue weighted by atomic mass is 32.1. The molecule has 1 unspecified atom stereocenters. The molecule has 1 aromatic heterocycles. The summed E-state index contributed by atoms with van der Waals surface area (Å²) in [5.74, 6) is -0.516. The quantitative estimate of drug-likeness (QED) is 0.630. The maximum absolute atomic E-state index is 14.4. The van der Waals surface area contributed by atoms with Gasteiger partial charge < -0.3 is 0 Å². The van der Waals surface area contributed by atoms with Crippen molar-refractivity contribution in [1.29, 1.82) is 0 Å². The standard InChI is InChI=1S/C21H17FN2OS/c1-14-8-10-15(11-9-14)18-13-19(16-5-2-3-6-17(16)22)24(23-18)21(25)20-7-4-12-26-20/h2-12,19H,13H2,1H3. The Balaban J connectivity index is 1.75. The number of hydrogen-bond donors (Lipinski definition) is 0. The van der Waals surface area contributed by atoms with Gasteiger partial charge in [0.15, 0.2) is 0 Å². The summed E-state index contributed by atoms with van der Waals surface area (Å²) in [7, 11) is 0. The Hall–Kier alpha value is -2.79. The second-order valence-electron chi connectivity index (χ2n) is 6.28. The molecule has 1 amide bonds. The molecule has 1 aliphatic rings. The Morgan fingerprint density at radius 1 is 1.12 bits per heavy atom. The van der Waals surface area contributed by atoms with E-state index in [1.807, 2.05) is 42.6 Å². The highest BCUT2D eigenvalue weighted by molar-refractivity contribution is 7.12. The molecule has 0 N–H and O–H groups in total. The van der Waals surface area contributed by atoms with E-state index in [1.165, 1.54) is 22.4 Å². The molecule has 1 atom stereocenters. The predicted molar refractivity (Wildman–Crippen MR) is 102 cm³/mol. The summed E-state index contributed by atoms with van der Waals surface area (Å²) >= 11 is 1.36. The maximum Gasteiger partial charge on any atom is 0.284 e. The van der Waals surface area contributed by atoms with Crippen molar-refractivity contribution in [2.75, 3.05) is 0 Å². The van der Waals surface area contributed by atoms with Gasteiger partial charge in [0.25, 0.3) is 5.91 Å². The second kappa shape index (κ2) is 6.84. The molecule has 0 fully saturated rings. The minimum Gasteiger partial charge on any atom is -0.266 e. The van der Waals surface area contributed by atoms with Crippen LogP contribution in [0.2, 0.25) is 0 Å². The lowest BCUT2D eigenvalue weighted by Gasteiger charge is -2.21. The SMILES string of the molecule is Cc1ccc(C2=NN(C(=O)c3cccs3)C(c3ccccc3F)C2)cc1. The number of thiophene rings is 1. The normalized spacial score (nSPS) is 16.6. The number of halogens is 1. The number of hydrazone groups is 1. The first-order valence-electron chi connectivity index (χ1n) is 8.39. The molecule has 0 aliphatic carbocycles. The third kappa shape index (κ3) is 3.06. The van der Waals surface area contributed by atoms with Crippen LogP contribution in [0.15, 0.2) is 71.1 Å². The van der Waals surface area contributed by atoms with Crippen molar-refractivity contribution >= 4 is 23.0 Å². The Morgan fingerprint density at radius 2 is 1.88 bits per heavy atom. The van der Waals surface area contributed by atoms with Crippen molar-refractivity contribution in [3.8, 4) is 0 Å². The molecule has 5 heteroatoms. The van der Waals surface area contributed by atoms with Gasteiger partial charge in [-0.1, -0.05) is 54.1 Å². The summed E-state index contributed by atoms with van der Waals surface area (Å²) in [4.78, 5) is 13.5. The fraction of sp³-hybridized carbons (Fsp3) is 0.143. The Kier molecular flexibility index (Phi) is 4.39. The molecule has 130 valence electrons. The van der Waals surface area contributed by atoms with Gasteiger partial charge in [-0.25, -0.2) is 9.40 Å². The van der Waals surface area contributed by atoms with Crippen molar-refractivity contribution in [2.24, 2.45) is 5.10 Å². The lowest BCUT2D eigenvalue weighted by atomic mass is 9.97. The van der Waals surface area contributed by atoms with Crippen molar-refractivity contribution in [1.82, 2.24) is 5.01 Å². The van der Waals surface area contributed by atoms with Gasteiger partial charge in [-0.2, -0.15) is 5.10 Å². The van der Waals surface area contributed by atoms with Gasteiger partial charge in [-0.15, -0.1) is 11.3 Å². The summed E-state index contributed by atoms with van der Waals surface area (Å²) in [5, 5.41) is 7.87. The average molecular weight is 364 g/mol. The van der Waals surface area contributed by atoms with Crippen LogP contribution in [-0.2, 0) is 0 Å². The smallest absolute Gasteiger partial charge is 0.266 e. The molecule has 3 aromatic rings. The van der Waals surface area contributed by atoms with Crippen molar-refractivity contribution < 1.29 is 9.18 Å². The van der Waals surface area contributed by atoms with E-state index in [2.05, 4.69) is 5.10 Å². The molecule has 0 spiro atoms. The average Bonchev–Trinajstić information content (AvgIpc) is 3.32. The van der Waals surface area contributed by atoms with Crippen LogP contribution in [-0.4, -0.2) is 16.6 Å². The summed E-state index contributed by atoms with van der Waals surface area (Å²) < 4.78 is 14.4. The number of aryl methyl sites for hydroxylation is 1. The lowest BCUT2D eigenvalue weighted by Crippen LogP contribution is -2.27. The molecular formula is C21H17FN2OS. The summed E-state index contributed by atoms with van der Waals surface area (Å²) in [6, 6.07) is 17.8. The van der Waals surface area contributed by atoms with Crippen molar-refractivity contribution in [2.45, 2.75) is 19.4 Å². The lowest BCUT2D eigenvalue weighted by molar-refractivity contribution is 0.0713. The van der Waals surface area contributed by atoms with Crippen LogP contribution in [0, 0.1) is 12.7 Å². The first-order valence-corrected chi connectivity index (χ1v) is 9.27. The molecular weight excluding hydrogens is 347 g/mol. The van der Waals surface area contributed by atoms with Crippen LogP contribution in [0.3, 0.4) is 0 Å². The fourth-order valence-electron chi connectivity index (χ4n) is 3.12. The zero-order valence-electron chi connectivity index (χ0n) is 14.2. The van der Waals surface area contributed by atoms with E-state index >= 15 is 0 Å². The third-order valence-corrected chi connectivity index (χ3v) is 5.36. The maximum atomic E-state index is 14.4. The second-order valence-corrected chi connectivity index (χ2v) is 7.23. The van der Waals surface area contributed by atoms with Gasteiger partial charge in [-0.3, -0.25) is 4.79 Å². The van der Waals surface area contributed by atoms with Gasteiger partial charge in [0, 0.05) is 12.0 Å². The van der Waals surface area contributed by atoms with Crippen LogP contribution in [0.1, 0.15) is 38.8 Å². The monoisotopic (exact) mass is 364 g/mol. The molecule has 2 aromatic carbocycles. The number of benzene rings is 2. The van der Waals surface area contributed by atoms with E-state index in [4.69, 9.17) is 0 Å². The largest absolute Gasteiger partial charge is 0.284 e. The minimum absolute atomic E-state index is 0.199. The van der Waals surface area contributed by atoms with Gasteiger partial charge >= 0.3 is 0 Å². The third-order valence-electron chi connectivity index (χ3n) is 4.50. The molecule has 3 nitrogen and oxygen atoms in total. The highest BCUT2D eigenvalue weighted by Crippen LogP contribution is 2.35. The molecule has 2 heterocycles. The number of carbonyl (C=O) groups excluding carboxylic acids is 1. The van der Waals surface area contributed by atoms with E-state index in [-0.39, 0.29) is 11.7 Å². The van der Waals surface area contributed by atoms with E-state index < -0.39 is 6.04 Å². The molecule has 0 saturated heterocycles. The Bertz CT molecular complexity index is 964. The van der Waals surface area contributed by atoms with E-state index in [0.29, 0.717) is 16.9 Å². The number of amides is 1. The molecule has 4 rings (SSSR count). The predicted octanol–water partition coefficient (Wildman–Crippen LogP) is 5.19. The number of hydrogen-bond acceptors (Lipinski definition) is 3. The van der Waals surface area contributed by atoms with E-state index in [9.17, 15) is 9.18 Å². The van der Waals surface area contributed by atoms with Crippen LogP contribution < -0.4 is 0 Å². The molecule has 0 saturated carbocycles. The highest BCUT2D eigenvalue weighted by Gasteiger charge is 2.35. The van der Waals surface area contributed by atoms with Crippen LogP contribution >= 0.6 is 11.3 Å². The van der Waals surface area contributed by atoms with Gasteiger partial charge in [-0.05, 0) is 30.0 Å². The number of carbonyl (C=O) groups is 1. The van der Waals surface area contributed by atoms with Crippen LogP contribution in [0.4, 0.5) is 4.39 Å². The zero-order valence-corrected chi connectivity index (χ0v) is 15.0. The first kappa shape index (κ1) is 16.7. The molecule has 0 radical (unpaired) electrons. The van der Waals surface area contributed by atoms with Gasteiger partial charge in [0.05, 0.1) is 16.6 Å². The van der Waals surface area contributed by atoms with E-state index in [1.54, 1.807) is 24.3 Å². The van der Waals surface area contributed by atoms with Gasteiger partial charge in [0.1, 0.15) is 5.82 Å². The Labute approximate surface area is 155 Å². The van der Waals surface area contributed by atoms with Crippen molar-refractivity contribution in [3.63, 3.8) is 0 Å². The Morgan fingerprint density at radius 3 is 2.58 bits per heavy atom. The number of nitrogens with zero attached hydrogens (tertiary/aromatic N) is 2. The van der Waals surface area contributed by atoms with E-state index in [0.717, 1.165) is 16.8 Å². The topological polar surface area (TPSA) is 32.7 Å². The molecule has 0 bridgehead atoms. The minimum atomic E-state index is -0.442. The van der Waals surface area contributed by atoms with Gasteiger partial charge in [0.2, 0.25) is 0 Å². The first-order chi connectivity index (χ1) is 12.6. The zero-order chi connectivity index (χ0) is 18.1. The molecule has 26 heavy (non-hydrogen) atoms.